The summed E-state index contributed by atoms with van der Waals surface area (Å²) in [6.45, 7) is 3.70. The van der Waals surface area contributed by atoms with Crippen molar-refractivity contribution in [2.75, 3.05) is 5.43 Å². The maximum Gasteiger partial charge on any atom is 0.227 e. The molecule has 0 aliphatic rings. The zero-order chi connectivity index (χ0) is 14.7. The molecule has 0 fully saturated rings. The quantitative estimate of drug-likeness (QED) is 0.659. The molecule has 0 aliphatic carbocycles. The number of hydrogen-bond donors (Lipinski definition) is 2. The lowest BCUT2D eigenvalue weighted by molar-refractivity contribution is 0.450. The van der Waals surface area contributed by atoms with Gasteiger partial charge in [-0.2, -0.15) is 4.98 Å². The molecule has 2 rings (SSSR count). The lowest BCUT2D eigenvalue weighted by Crippen LogP contribution is -2.13. The number of aromatic nitrogens is 2. The summed E-state index contributed by atoms with van der Waals surface area (Å²) in [5.41, 5.74) is 3.16. The van der Waals surface area contributed by atoms with Crippen LogP contribution in [0.2, 0.25) is 0 Å². The van der Waals surface area contributed by atoms with Gasteiger partial charge in [-0.15, -0.1) is 0 Å². The van der Waals surface area contributed by atoms with E-state index in [9.17, 15) is 4.39 Å². The van der Waals surface area contributed by atoms with E-state index in [4.69, 9.17) is 10.6 Å². The molecular weight excluding hydrogens is 327 g/mol. The van der Waals surface area contributed by atoms with E-state index in [2.05, 4.69) is 31.3 Å². The van der Waals surface area contributed by atoms with Crippen LogP contribution in [0.3, 0.4) is 0 Å². The molecule has 0 unspecified atom stereocenters. The highest BCUT2D eigenvalue weighted by Crippen LogP contribution is 2.29. The van der Waals surface area contributed by atoms with Crippen molar-refractivity contribution in [2.45, 2.75) is 20.3 Å². The Labute approximate surface area is 124 Å². The first kappa shape index (κ1) is 14.7. The molecule has 3 N–H and O–H groups in total. The van der Waals surface area contributed by atoms with Crippen LogP contribution in [0.4, 0.5) is 10.2 Å². The smallest absolute Gasteiger partial charge is 0.227 e. The highest BCUT2D eigenvalue weighted by atomic mass is 79.9. The number of hydrogen-bond acceptors (Lipinski definition) is 5. The zero-order valence-corrected chi connectivity index (χ0v) is 12.7. The lowest BCUT2D eigenvalue weighted by Gasteiger charge is -2.12. The van der Waals surface area contributed by atoms with Crippen molar-refractivity contribution >= 4 is 21.7 Å². The van der Waals surface area contributed by atoms with Gasteiger partial charge in [0.2, 0.25) is 5.88 Å². The van der Waals surface area contributed by atoms with Crippen molar-refractivity contribution < 1.29 is 9.13 Å². The molecule has 0 saturated heterocycles. The summed E-state index contributed by atoms with van der Waals surface area (Å²) in [4.78, 5) is 8.52. The van der Waals surface area contributed by atoms with Crippen LogP contribution >= 0.6 is 15.9 Å². The number of nitrogens with one attached hydrogen (secondary N) is 1. The number of aryl methyl sites for hydroxylation is 1. The summed E-state index contributed by atoms with van der Waals surface area (Å²) in [7, 11) is 0. The molecule has 7 heteroatoms. The Morgan fingerprint density at radius 2 is 2.10 bits per heavy atom. The molecule has 20 heavy (non-hydrogen) atoms. The molecule has 106 valence electrons. The van der Waals surface area contributed by atoms with E-state index >= 15 is 0 Å². The second-order valence-corrected chi connectivity index (χ2v) is 5.04. The average Bonchev–Trinajstić information content (AvgIpc) is 2.40. The van der Waals surface area contributed by atoms with Gasteiger partial charge in [0.15, 0.2) is 0 Å². The van der Waals surface area contributed by atoms with Gasteiger partial charge in [-0.05, 0) is 19.1 Å². The van der Waals surface area contributed by atoms with Crippen LogP contribution in [0, 0.1) is 12.7 Å². The fraction of sp³-hybridized carbons (Fsp3) is 0.231. The minimum atomic E-state index is -0.394. The monoisotopic (exact) mass is 340 g/mol. The Kier molecular flexibility index (Phi) is 4.51. The molecule has 0 bridgehead atoms. The summed E-state index contributed by atoms with van der Waals surface area (Å²) in [5, 5.41) is 0. The molecule has 0 saturated carbocycles. The topological polar surface area (TPSA) is 73.1 Å². The summed E-state index contributed by atoms with van der Waals surface area (Å²) in [6, 6.07) is 4.29. The lowest BCUT2D eigenvalue weighted by atomic mass is 10.3. The molecule has 0 radical (unpaired) electrons. The summed E-state index contributed by atoms with van der Waals surface area (Å²) < 4.78 is 19.6. The van der Waals surface area contributed by atoms with Crippen molar-refractivity contribution in [2.24, 2.45) is 5.84 Å². The number of nitrogen functional groups attached to an aromatic ring is 1. The molecule has 1 aromatic heterocycles. The standard InChI is InChI=1S/C13H14BrFN4O/c1-3-11-17-12(19-16)7(2)13(18-11)20-10-5-8(14)4-9(15)6-10/h4-6H,3,16H2,1-2H3,(H,17,18,19). The van der Waals surface area contributed by atoms with Crippen molar-refractivity contribution in [1.29, 1.82) is 0 Å². The molecular formula is C13H14BrFN4O. The van der Waals surface area contributed by atoms with Gasteiger partial charge in [0.05, 0.1) is 5.56 Å². The second-order valence-electron chi connectivity index (χ2n) is 4.12. The van der Waals surface area contributed by atoms with E-state index < -0.39 is 5.82 Å². The van der Waals surface area contributed by atoms with Crippen LogP contribution in [0.15, 0.2) is 22.7 Å². The van der Waals surface area contributed by atoms with E-state index in [1.165, 1.54) is 12.1 Å². The second kappa shape index (κ2) is 6.15. The number of halogens is 2. The average molecular weight is 341 g/mol. The van der Waals surface area contributed by atoms with Gasteiger partial charge in [0, 0.05) is 17.0 Å². The van der Waals surface area contributed by atoms with Crippen LogP contribution < -0.4 is 16.0 Å². The number of anilines is 1. The number of nitrogens with two attached hydrogens (primary N) is 1. The molecule has 1 aromatic carbocycles. The van der Waals surface area contributed by atoms with Crippen LogP contribution in [-0.4, -0.2) is 9.97 Å². The third kappa shape index (κ3) is 3.23. The SMILES string of the molecule is CCc1nc(NN)c(C)c(Oc2cc(F)cc(Br)c2)n1. The van der Waals surface area contributed by atoms with Gasteiger partial charge in [-0.3, -0.25) is 0 Å². The molecule has 5 nitrogen and oxygen atoms in total. The van der Waals surface area contributed by atoms with Crippen molar-refractivity contribution in [3.8, 4) is 11.6 Å². The Morgan fingerprint density at radius 3 is 2.70 bits per heavy atom. The Hall–Kier alpha value is -1.73. The molecule has 1 heterocycles. The Balaban J connectivity index is 2.41. The van der Waals surface area contributed by atoms with Gasteiger partial charge >= 0.3 is 0 Å². The van der Waals surface area contributed by atoms with Crippen molar-refractivity contribution in [3.63, 3.8) is 0 Å². The first-order chi connectivity index (χ1) is 9.53. The molecule has 0 atom stereocenters. The minimum Gasteiger partial charge on any atom is -0.438 e. The molecule has 2 aromatic rings. The van der Waals surface area contributed by atoms with E-state index in [1.54, 1.807) is 13.0 Å². The minimum absolute atomic E-state index is 0.349. The summed E-state index contributed by atoms with van der Waals surface area (Å²) in [5.74, 6) is 6.81. The van der Waals surface area contributed by atoms with Gasteiger partial charge in [-0.1, -0.05) is 22.9 Å². The normalized spacial score (nSPS) is 10.4. The van der Waals surface area contributed by atoms with Crippen LogP contribution in [0.5, 0.6) is 11.6 Å². The fourth-order valence-corrected chi connectivity index (χ4v) is 2.08. The third-order valence-electron chi connectivity index (χ3n) is 2.65. The number of ether oxygens (including phenoxy) is 1. The maximum absolute atomic E-state index is 13.3. The number of benzene rings is 1. The first-order valence-corrected chi connectivity index (χ1v) is 6.81. The van der Waals surface area contributed by atoms with E-state index in [0.717, 1.165) is 0 Å². The van der Waals surface area contributed by atoms with Crippen LogP contribution in [-0.2, 0) is 6.42 Å². The van der Waals surface area contributed by atoms with E-state index in [1.807, 2.05) is 6.92 Å². The van der Waals surface area contributed by atoms with Crippen molar-refractivity contribution in [1.82, 2.24) is 9.97 Å². The number of nitrogens with zero attached hydrogens (tertiary/aromatic N) is 2. The predicted octanol–water partition coefficient (Wildman–Crippen LogP) is 3.33. The largest absolute Gasteiger partial charge is 0.438 e. The van der Waals surface area contributed by atoms with Gasteiger partial charge in [0.1, 0.15) is 23.2 Å². The molecule has 0 aliphatic heterocycles. The molecule has 0 spiro atoms. The number of hydrazine groups is 1. The summed E-state index contributed by atoms with van der Waals surface area (Å²) >= 11 is 3.22. The third-order valence-corrected chi connectivity index (χ3v) is 3.11. The zero-order valence-electron chi connectivity index (χ0n) is 11.1. The molecule has 0 amide bonds. The Morgan fingerprint density at radius 1 is 1.35 bits per heavy atom. The maximum atomic E-state index is 13.3. The van der Waals surface area contributed by atoms with Crippen LogP contribution in [0.1, 0.15) is 18.3 Å². The van der Waals surface area contributed by atoms with Gasteiger partial charge in [0.25, 0.3) is 0 Å². The Bertz CT molecular complexity index is 616. The highest BCUT2D eigenvalue weighted by Gasteiger charge is 2.12. The highest BCUT2D eigenvalue weighted by molar-refractivity contribution is 9.10. The van der Waals surface area contributed by atoms with Crippen molar-refractivity contribution in [3.05, 3.63) is 39.9 Å². The predicted molar refractivity (Wildman–Crippen MR) is 78.1 cm³/mol. The van der Waals surface area contributed by atoms with E-state index in [0.29, 0.717) is 39.7 Å². The van der Waals surface area contributed by atoms with Gasteiger partial charge in [-0.25, -0.2) is 15.2 Å². The summed E-state index contributed by atoms with van der Waals surface area (Å²) in [6.07, 6.45) is 0.637. The van der Waals surface area contributed by atoms with Crippen LogP contribution in [0.25, 0.3) is 0 Å². The number of rotatable bonds is 4. The fourth-order valence-electron chi connectivity index (χ4n) is 1.64. The van der Waals surface area contributed by atoms with E-state index in [-0.39, 0.29) is 0 Å². The van der Waals surface area contributed by atoms with Gasteiger partial charge < -0.3 is 10.2 Å². The first-order valence-electron chi connectivity index (χ1n) is 6.01.